The predicted molar refractivity (Wildman–Crippen MR) is 80.8 cm³/mol. The second kappa shape index (κ2) is 6.12. The Hall–Kier alpha value is -1.46. The summed E-state index contributed by atoms with van der Waals surface area (Å²) in [4.78, 5) is 0.0444. The predicted octanol–water partition coefficient (Wildman–Crippen LogP) is 3.80. The van der Waals surface area contributed by atoms with E-state index < -0.39 is 5.82 Å². The van der Waals surface area contributed by atoms with E-state index in [4.69, 9.17) is 22.7 Å². The second-order valence-electron chi connectivity index (χ2n) is 3.89. The Morgan fingerprint density at radius 1 is 1.21 bits per heavy atom. The molecule has 0 spiro atoms. The van der Waals surface area contributed by atoms with Gasteiger partial charge in [-0.25, -0.2) is 4.39 Å². The minimum Gasteiger partial charge on any atom is -0.489 e. The molecule has 0 aliphatic carbocycles. The van der Waals surface area contributed by atoms with Crippen LogP contribution >= 0.6 is 28.1 Å². The first-order chi connectivity index (χ1) is 9.08. The van der Waals surface area contributed by atoms with Gasteiger partial charge in [0.05, 0.1) is 0 Å². The van der Waals surface area contributed by atoms with E-state index in [0.717, 1.165) is 4.47 Å². The molecule has 0 aromatic heterocycles. The number of thiocarbonyl (C=S) groups is 1. The number of hydrogen-bond acceptors (Lipinski definition) is 2. The van der Waals surface area contributed by atoms with Gasteiger partial charge in [0.2, 0.25) is 0 Å². The average molecular weight is 340 g/mol. The van der Waals surface area contributed by atoms with Crippen LogP contribution < -0.4 is 10.5 Å². The van der Waals surface area contributed by atoms with Crippen LogP contribution in [-0.4, -0.2) is 4.99 Å². The van der Waals surface area contributed by atoms with Crippen LogP contribution in [0, 0.1) is 5.82 Å². The van der Waals surface area contributed by atoms with Gasteiger partial charge in [-0.3, -0.25) is 0 Å². The lowest BCUT2D eigenvalue weighted by Crippen LogP contribution is -2.13. The van der Waals surface area contributed by atoms with E-state index in [1.807, 2.05) is 12.1 Å². The Labute approximate surface area is 124 Å². The number of rotatable bonds is 4. The summed E-state index contributed by atoms with van der Waals surface area (Å²) < 4.78 is 20.5. The Kier molecular flexibility index (Phi) is 4.50. The summed E-state index contributed by atoms with van der Waals surface area (Å²) in [6, 6.07) is 12.2. The van der Waals surface area contributed by atoms with Gasteiger partial charge in [-0.15, -0.1) is 0 Å². The number of benzene rings is 2. The summed E-state index contributed by atoms with van der Waals surface area (Å²) in [5, 5.41) is 0. The topological polar surface area (TPSA) is 35.2 Å². The lowest BCUT2D eigenvalue weighted by Gasteiger charge is -2.09. The number of nitrogens with two attached hydrogens (primary N) is 1. The fraction of sp³-hybridized carbons (Fsp3) is 0.0714. The van der Waals surface area contributed by atoms with Crippen molar-refractivity contribution in [2.45, 2.75) is 6.61 Å². The van der Waals surface area contributed by atoms with Gasteiger partial charge in [-0.1, -0.05) is 40.3 Å². The minimum absolute atomic E-state index is 0.0444. The highest BCUT2D eigenvalue weighted by molar-refractivity contribution is 9.10. The summed E-state index contributed by atoms with van der Waals surface area (Å²) in [5.74, 6) is 0.246. The maximum absolute atomic E-state index is 14.0. The van der Waals surface area contributed by atoms with Gasteiger partial charge in [0.25, 0.3) is 0 Å². The van der Waals surface area contributed by atoms with E-state index in [9.17, 15) is 4.39 Å². The van der Waals surface area contributed by atoms with Crippen molar-refractivity contribution >= 4 is 33.1 Å². The second-order valence-corrected chi connectivity index (χ2v) is 5.24. The lowest BCUT2D eigenvalue weighted by molar-refractivity contribution is 0.299. The highest BCUT2D eigenvalue weighted by Crippen LogP contribution is 2.19. The molecule has 0 heterocycles. The molecular weight excluding hydrogens is 329 g/mol. The van der Waals surface area contributed by atoms with E-state index in [1.165, 1.54) is 0 Å². The standard InChI is InChI=1S/C14H11BrFNOS/c15-10-4-6-11(7-5-10)18-8-9-2-1-3-12(13(9)16)14(17)19/h1-7H,8H2,(H2,17,19). The number of halogens is 2. The largest absolute Gasteiger partial charge is 0.489 e. The van der Waals surface area contributed by atoms with Gasteiger partial charge in [-0.2, -0.15) is 0 Å². The molecule has 2 N–H and O–H groups in total. The Morgan fingerprint density at radius 2 is 1.89 bits per heavy atom. The van der Waals surface area contributed by atoms with Gasteiger partial charge in [0.15, 0.2) is 0 Å². The van der Waals surface area contributed by atoms with Gasteiger partial charge >= 0.3 is 0 Å². The quantitative estimate of drug-likeness (QED) is 0.860. The van der Waals surface area contributed by atoms with E-state index >= 15 is 0 Å². The van der Waals surface area contributed by atoms with E-state index in [0.29, 0.717) is 11.3 Å². The lowest BCUT2D eigenvalue weighted by atomic mass is 10.1. The molecule has 0 saturated heterocycles. The molecule has 5 heteroatoms. The minimum atomic E-state index is -0.424. The van der Waals surface area contributed by atoms with Crippen molar-refractivity contribution < 1.29 is 9.13 Å². The molecule has 0 amide bonds. The molecule has 0 atom stereocenters. The first kappa shape index (κ1) is 14.0. The van der Waals surface area contributed by atoms with Crippen molar-refractivity contribution in [1.82, 2.24) is 0 Å². The summed E-state index contributed by atoms with van der Waals surface area (Å²) >= 11 is 8.13. The maximum atomic E-state index is 14.0. The van der Waals surface area contributed by atoms with Gasteiger partial charge in [0.1, 0.15) is 23.2 Å². The molecule has 0 unspecified atom stereocenters. The molecule has 0 fully saturated rings. The Morgan fingerprint density at radius 3 is 2.53 bits per heavy atom. The van der Waals surface area contributed by atoms with E-state index in [2.05, 4.69) is 15.9 Å². The highest BCUT2D eigenvalue weighted by atomic mass is 79.9. The van der Waals surface area contributed by atoms with Crippen LogP contribution in [0.3, 0.4) is 0 Å². The molecule has 2 aromatic rings. The summed E-state index contributed by atoms with van der Waals surface area (Å²) in [5.41, 5.74) is 6.12. The summed E-state index contributed by atoms with van der Waals surface area (Å²) in [6.07, 6.45) is 0. The van der Waals surface area contributed by atoms with Gasteiger partial charge in [0, 0.05) is 15.6 Å². The van der Waals surface area contributed by atoms with E-state index in [-0.39, 0.29) is 17.2 Å². The molecule has 0 bridgehead atoms. The molecule has 0 aliphatic rings. The molecule has 0 aliphatic heterocycles. The van der Waals surface area contributed by atoms with Crippen molar-refractivity contribution in [2.75, 3.05) is 0 Å². The van der Waals surface area contributed by atoms with Gasteiger partial charge < -0.3 is 10.5 Å². The molecule has 2 rings (SSSR count). The van der Waals surface area contributed by atoms with Gasteiger partial charge in [-0.05, 0) is 30.3 Å². The summed E-state index contributed by atoms with van der Waals surface area (Å²) in [6.45, 7) is 0.129. The monoisotopic (exact) mass is 339 g/mol. The zero-order chi connectivity index (χ0) is 13.8. The molecule has 0 radical (unpaired) electrons. The number of hydrogen-bond donors (Lipinski definition) is 1. The molecular formula is C14H11BrFNOS. The Balaban J connectivity index is 2.13. The zero-order valence-electron chi connectivity index (χ0n) is 9.90. The van der Waals surface area contributed by atoms with Crippen molar-refractivity contribution in [1.29, 1.82) is 0 Å². The van der Waals surface area contributed by atoms with Crippen molar-refractivity contribution in [3.05, 3.63) is 63.9 Å². The maximum Gasteiger partial charge on any atom is 0.139 e. The first-order valence-corrected chi connectivity index (χ1v) is 6.73. The van der Waals surface area contributed by atoms with Crippen molar-refractivity contribution in [2.24, 2.45) is 5.73 Å². The molecule has 98 valence electrons. The SMILES string of the molecule is NC(=S)c1cccc(COc2ccc(Br)cc2)c1F. The van der Waals surface area contributed by atoms with Crippen molar-refractivity contribution in [3.8, 4) is 5.75 Å². The van der Waals surface area contributed by atoms with Crippen LogP contribution in [0.15, 0.2) is 46.9 Å². The molecule has 0 saturated carbocycles. The van der Waals surface area contributed by atoms with Crippen LogP contribution in [0.5, 0.6) is 5.75 Å². The average Bonchev–Trinajstić information content (AvgIpc) is 2.39. The van der Waals surface area contributed by atoms with E-state index in [1.54, 1.807) is 30.3 Å². The molecule has 19 heavy (non-hydrogen) atoms. The third-order valence-electron chi connectivity index (χ3n) is 2.55. The zero-order valence-corrected chi connectivity index (χ0v) is 12.3. The van der Waals surface area contributed by atoms with Crippen molar-refractivity contribution in [3.63, 3.8) is 0 Å². The third kappa shape index (κ3) is 3.52. The highest BCUT2D eigenvalue weighted by Gasteiger charge is 2.10. The first-order valence-electron chi connectivity index (χ1n) is 5.53. The van der Waals surface area contributed by atoms with Crippen LogP contribution in [0.4, 0.5) is 4.39 Å². The van der Waals surface area contributed by atoms with Crippen LogP contribution in [0.1, 0.15) is 11.1 Å². The smallest absolute Gasteiger partial charge is 0.139 e. The molecule has 2 aromatic carbocycles. The third-order valence-corrected chi connectivity index (χ3v) is 3.30. The fourth-order valence-electron chi connectivity index (χ4n) is 1.57. The summed E-state index contributed by atoms with van der Waals surface area (Å²) in [7, 11) is 0. The normalized spacial score (nSPS) is 10.2. The number of ether oxygens (including phenoxy) is 1. The fourth-order valence-corrected chi connectivity index (χ4v) is 2.00. The van der Waals surface area contributed by atoms with Crippen LogP contribution in [-0.2, 0) is 6.61 Å². The van der Waals surface area contributed by atoms with Crippen LogP contribution in [0.2, 0.25) is 0 Å². The Bertz CT molecular complexity index is 601. The molecule has 2 nitrogen and oxygen atoms in total. The van der Waals surface area contributed by atoms with Crippen LogP contribution in [0.25, 0.3) is 0 Å².